The van der Waals surface area contributed by atoms with Crippen molar-refractivity contribution in [3.8, 4) is 0 Å². The van der Waals surface area contributed by atoms with Crippen LogP contribution in [0.5, 0.6) is 0 Å². The molecule has 2 amide bonds. The van der Waals surface area contributed by atoms with Crippen molar-refractivity contribution >= 4 is 63.2 Å². The van der Waals surface area contributed by atoms with E-state index in [1.807, 2.05) is 19.9 Å². The standard InChI is InChI=1S/C14H16ClN3O3S3/c1-7(2)5-16-14(21)17-11-10(13(19)20)12(18-24-11)22-6-8-3-4-9(15)23-8/h3-4,7H,5-6H2,1-2H3,(H,19,20)(H2,16,17,21). The van der Waals surface area contributed by atoms with Gasteiger partial charge in [-0.1, -0.05) is 37.2 Å². The first-order valence-electron chi connectivity index (χ1n) is 7.01. The Kier molecular flexibility index (Phi) is 6.90. The first-order chi connectivity index (χ1) is 11.4. The number of nitrogens with one attached hydrogen (secondary N) is 2. The Morgan fingerprint density at radius 1 is 1.42 bits per heavy atom. The van der Waals surface area contributed by atoms with E-state index in [0.717, 1.165) is 16.4 Å². The molecule has 0 fully saturated rings. The predicted molar refractivity (Wildman–Crippen MR) is 99.8 cm³/mol. The van der Waals surface area contributed by atoms with E-state index in [-0.39, 0.29) is 10.6 Å². The number of aromatic nitrogens is 1. The van der Waals surface area contributed by atoms with Crippen molar-refractivity contribution in [2.24, 2.45) is 5.92 Å². The highest BCUT2D eigenvalue weighted by atomic mass is 35.5. The Balaban J connectivity index is 2.06. The lowest BCUT2D eigenvalue weighted by Gasteiger charge is -2.08. The Morgan fingerprint density at radius 2 is 2.17 bits per heavy atom. The van der Waals surface area contributed by atoms with Crippen LogP contribution in [0.15, 0.2) is 17.2 Å². The van der Waals surface area contributed by atoms with E-state index < -0.39 is 12.0 Å². The molecule has 2 aromatic heterocycles. The van der Waals surface area contributed by atoms with Crippen molar-refractivity contribution in [3.05, 3.63) is 26.9 Å². The Hall–Kier alpha value is -1.29. The molecule has 0 atom stereocenters. The van der Waals surface area contributed by atoms with Crippen molar-refractivity contribution in [1.29, 1.82) is 0 Å². The molecule has 0 unspecified atom stereocenters. The Labute approximate surface area is 156 Å². The quantitative estimate of drug-likeness (QED) is 0.584. The Morgan fingerprint density at radius 3 is 2.75 bits per heavy atom. The fourth-order valence-corrected chi connectivity index (χ4v) is 4.73. The number of amides is 2. The van der Waals surface area contributed by atoms with E-state index in [0.29, 0.717) is 27.6 Å². The van der Waals surface area contributed by atoms with Gasteiger partial charge >= 0.3 is 12.0 Å². The van der Waals surface area contributed by atoms with E-state index in [2.05, 4.69) is 15.0 Å². The van der Waals surface area contributed by atoms with Gasteiger partial charge < -0.3 is 10.4 Å². The third-order valence-corrected chi connectivity index (χ3v) is 6.07. The molecule has 2 aromatic rings. The maximum atomic E-state index is 11.8. The lowest BCUT2D eigenvalue weighted by molar-refractivity contribution is 0.0694. The van der Waals surface area contributed by atoms with E-state index in [4.69, 9.17) is 11.6 Å². The van der Waals surface area contributed by atoms with Gasteiger partial charge in [0, 0.05) is 17.2 Å². The van der Waals surface area contributed by atoms with Gasteiger partial charge in [0.05, 0.1) is 4.34 Å². The van der Waals surface area contributed by atoms with Crippen LogP contribution in [0.25, 0.3) is 0 Å². The highest BCUT2D eigenvalue weighted by Gasteiger charge is 2.22. The maximum absolute atomic E-state index is 11.8. The zero-order chi connectivity index (χ0) is 17.7. The molecule has 24 heavy (non-hydrogen) atoms. The van der Waals surface area contributed by atoms with Gasteiger partial charge in [0.25, 0.3) is 0 Å². The second kappa shape index (κ2) is 8.70. The van der Waals surface area contributed by atoms with Crippen molar-refractivity contribution in [2.45, 2.75) is 24.6 Å². The van der Waals surface area contributed by atoms with Gasteiger partial charge in [0.15, 0.2) is 0 Å². The molecule has 2 rings (SSSR count). The van der Waals surface area contributed by atoms with Gasteiger partial charge in [-0.05, 0) is 29.6 Å². The molecular formula is C14H16ClN3O3S3. The van der Waals surface area contributed by atoms with Crippen molar-refractivity contribution < 1.29 is 14.7 Å². The third-order valence-electron chi connectivity index (χ3n) is 2.75. The number of aromatic carboxylic acids is 1. The number of hydrogen-bond donors (Lipinski definition) is 3. The minimum atomic E-state index is -1.12. The second-order valence-electron chi connectivity index (χ2n) is 5.22. The molecular weight excluding hydrogens is 390 g/mol. The highest BCUT2D eigenvalue weighted by Crippen LogP contribution is 2.35. The van der Waals surface area contributed by atoms with Crippen molar-refractivity contribution in [3.63, 3.8) is 0 Å². The SMILES string of the molecule is CC(C)CNC(=O)Nc1snc(SCc2ccc(Cl)s2)c1C(=O)O. The van der Waals surface area contributed by atoms with Crippen LogP contribution in [0.3, 0.4) is 0 Å². The van der Waals surface area contributed by atoms with Crippen LogP contribution in [0.4, 0.5) is 9.80 Å². The lowest BCUT2D eigenvalue weighted by atomic mass is 10.2. The third kappa shape index (κ3) is 5.37. The van der Waals surface area contributed by atoms with Gasteiger partial charge in [-0.15, -0.1) is 11.3 Å². The molecule has 3 N–H and O–H groups in total. The first-order valence-corrected chi connectivity index (χ1v) is 9.97. The van der Waals surface area contributed by atoms with Crippen LogP contribution in [-0.4, -0.2) is 28.0 Å². The first kappa shape index (κ1) is 19.0. The van der Waals surface area contributed by atoms with Gasteiger partial charge in [-0.2, -0.15) is 4.37 Å². The summed E-state index contributed by atoms with van der Waals surface area (Å²) < 4.78 is 4.85. The molecule has 130 valence electrons. The fourth-order valence-electron chi connectivity index (χ4n) is 1.66. The van der Waals surface area contributed by atoms with Crippen LogP contribution in [0.1, 0.15) is 29.1 Å². The summed E-state index contributed by atoms with van der Waals surface area (Å²) in [6, 6.07) is 3.26. The predicted octanol–water partition coefficient (Wildman–Crippen LogP) is 4.63. The number of anilines is 1. The van der Waals surface area contributed by atoms with E-state index in [1.165, 1.54) is 23.1 Å². The average Bonchev–Trinajstić information content (AvgIpc) is 3.09. The van der Waals surface area contributed by atoms with E-state index in [9.17, 15) is 14.7 Å². The van der Waals surface area contributed by atoms with Crippen molar-refractivity contribution in [2.75, 3.05) is 11.9 Å². The summed E-state index contributed by atoms with van der Waals surface area (Å²) in [5, 5.41) is 15.3. The number of carbonyl (C=O) groups is 2. The van der Waals surface area contributed by atoms with Gasteiger partial charge in [0.1, 0.15) is 15.6 Å². The normalized spacial score (nSPS) is 10.8. The number of rotatable bonds is 7. The molecule has 0 saturated carbocycles. The van der Waals surface area contributed by atoms with Crippen LogP contribution >= 0.6 is 46.2 Å². The number of thioether (sulfide) groups is 1. The number of urea groups is 1. The number of halogens is 1. The molecule has 0 saturated heterocycles. The van der Waals surface area contributed by atoms with Crippen LogP contribution in [0, 0.1) is 5.92 Å². The van der Waals surface area contributed by atoms with Crippen LogP contribution in [0.2, 0.25) is 4.34 Å². The number of hydrogen-bond acceptors (Lipinski definition) is 6. The van der Waals surface area contributed by atoms with Crippen LogP contribution in [-0.2, 0) is 5.75 Å². The van der Waals surface area contributed by atoms with E-state index in [1.54, 1.807) is 6.07 Å². The monoisotopic (exact) mass is 405 g/mol. The number of carboxylic acid groups (broad SMARTS) is 1. The molecule has 10 heteroatoms. The number of carbonyl (C=O) groups excluding carboxylic acids is 1. The zero-order valence-corrected chi connectivity index (χ0v) is 16.2. The Bertz CT molecular complexity index is 730. The largest absolute Gasteiger partial charge is 0.477 e. The summed E-state index contributed by atoms with van der Waals surface area (Å²) in [6.07, 6.45) is 0. The molecule has 0 aromatic carbocycles. The lowest BCUT2D eigenvalue weighted by Crippen LogP contribution is -2.31. The van der Waals surface area contributed by atoms with Gasteiger partial charge in [-0.25, -0.2) is 9.59 Å². The smallest absolute Gasteiger partial charge is 0.341 e. The second-order valence-corrected chi connectivity index (χ2v) is 8.76. The molecule has 0 spiro atoms. The summed E-state index contributed by atoms with van der Waals surface area (Å²) in [5.41, 5.74) is 0.0207. The topological polar surface area (TPSA) is 91.3 Å². The average molecular weight is 406 g/mol. The van der Waals surface area contributed by atoms with Crippen LogP contribution < -0.4 is 10.6 Å². The number of nitrogens with zero attached hydrogens (tertiary/aromatic N) is 1. The molecule has 2 heterocycles. The zero-order valence-electron chi connectivity index (χ0n) is 13.0. The van der Waals surface area contributed by atoms with Crippen molar-refractivity contribution in [1.82, 2.24) is 9.69 Å². The molecule has 0 radical (unpaired) electrons. The summed E-state index contributed by atoms with van der Waals surface area (Å²) in [4.78, 5) is 24.4. The molecule has 0 aliphatic rings. The maximum Gasteiger partial charge on any atom is 0.341 e. The molecule has 6 nitrogen and oxygen atoms in total. The molecule has 0 aliphatic heterocycles. The minimum absolute atomic E-state index is 0.0207. The summed E-state index contributed by atoms with van der Waals surface area (Å²) >= 11 is 9.59. The minimum Gasteiger partial charge on any atom is -0.477 e. The molecule has 0 aliphatic carbocycles. The van der Waals surface area contributed by atoms with Gasteiger partial charge in [0.2, 0.25) is 0 Å². The van der Waals surface area contributed by atoms with Gasteiger partial charge in [-0.3, -0.25) is 5.32 Å². The number of thiophene rings is 1. The van der Waals surface area contributed by atoms with E-state index >= 15 is 0 Å². The summed E-state index contributed by atoms with van der Waals surface area (Å²) in [7, 11) is 0. The summed E-state index contributed by atoms with van der Waals surface area (Å²) in [6.45, 7) is 4.45. The summed E-state index contributed by atoms with van der Waals surface area (Å²) in [5.74, 6) is -0.241. The molecule has 0 bridgehead atoms. The fraction of sp³-hybridized carbons (Fsp3) is 0.357. The number of carboxylic acids is 1. The highest BCUT2D eigenvalue weighted by molar-refractivity contribution is 7.98.